The summed E-state index contributed by atoms with van der Waals surface area (Å²) in [6, 6.07) is 0. The van der Waals surface area contributed by atoms with E-state index in [0.29, 0.717) is 6.42 Å². The van der Waals surface area contributed by atoms with E-state index in [9.17, 15) is 9.59 Å². The van der Waals surface area contributed by atoms with Gasteiger partial charge in [0.2, 0.25) is 0 Å². The number of hydrogen-bond donors (Lipinski definition) is 0. The van der Waals surface area contributed by atoms with Gasteiger partial charge in [0, 0.05) is 6.42 Å². The third-order valence-electron chi connectivity index (χ3n) is 3.09. The zero-order valence-corrected chi connectivity index (χ0v) is 11.6. The van der Waals surface area contributed by atoms with Crippen LogP contribution in [0.2, 0.25) is 0 Å². The van der Waals surface area contributed by atoms with Gasteiger partial charge in [0.1, 0.15) is 5.78 Å². The Kier molecular flexibility index (Phi) is 5.18. The lowest BCUT2D eigenvalue weighted by atomic mass is 9.85. The molecule has 3 nitrogen and oxygen atoms in total. The molecule has 0 heterocycles. The molecule has 0 aromatic heterocycles. The second-order valence-electron chi connectivity index (χ2n) is 3.83. The molecule has 0 aliphatic heterocycles. The highest BCUT2D eigenvalue weighted by Crippen LogP contribution is 2.46. The lowest BCUT2D eigenvalue weighted by Gasteiger charge is -2.36. The molecular formula is C11H18O3S2. The monoisotopic (exact) mass is 262 g/mol. The third kappa shape index (κ3) is 2.40. The van der Waals surface area contributed by atoms with Crippen LogP contribution in [-0.2, 0) is 14.3 Å². The number of thioether (sulfide) groups is 2. The molecule has 0 saturated heterocycles. The molecule has 0 aromatic carbocycles. The van der Waals surface area contributed by atoms with Gasteiger partial charge in [0.15, 0.2) is 4.08 Å². The van der Waals surface area contributed by atoms with E-state index < -0.39 is 4.08 Å². The Morgan fingerprint density at radius 1 is 1.38 bits per heavy atom. The standard InChI is InChI=1S/C11H18O3S2/c1-14-10(13)11(15-2,16-3)8-6-4-5-7-9(8)12/h8H,4-7H2,1-3H3. The van der Waals surface area contributed by atoms with Crippen LogP contribution in [0.15, 0.2) is 0 Å². The van der Waals surface area contributed by atoms with Gasteiger partial charge >= 0.3 is 5.97 Å². The molecule has 0 spiro atoms. The van der Waals surface area contributed by atoms with Crippen molar-refractivity contribution in [2.45, 2.75) is 29.8 Å². The van der Waals surface area contributed by atoms with E-state index in [-0.39, 0.29) is 17.7 Å². The van der Waals surface area contributed by atoms with Crippen LogP contribution >= 0.6 is 23.5 Å². The van der Waals surface area contributed by atoms with E-state index in [1.54, 1.807) is 0 Å². The Morgan fingerprint density at radius 3 is 2.44 bits per heavy atom. The molecule has 1 saturated carbocycles. The number of ketones is 1. The molecular weight excluding hydrogens is 244 g/mol. The highest BCUT2D eigenvalue weighted by molar-refractivity contribution is 8.18. The van der Waals surface area contributed by atoms with E-state index in [0.717, 1.165) is 19.3 Å². The predicted octanol–water partition coefficient (Wildman–Crippen LogP) is 2.34. The third-order valence-corrected chi connectivity index (χ3v) is 6.21. The average molecular weight is 262 g/mol. The fourth-order valence-electron chi connectivity index (χ4n) is 2.20. The highest BCUT2D eigenvalue weighted by Gasteiger charge is 2.49. The molecule has 1 aliphatic rings. The summed E-state index contributed by atoms with van der Waals surface area (Å²) in [5.41, 5.74) is 0. The molecule has 1 fully saturated rings. The minimum atomic E-state index is -0.744. The van der Waals surface area contributed by atoms with Crippen LogP contribution in [0, 0.1) is 5.92 Å². The number of rotatable bonds is 4. The van der Waals surface area contributed by atoms with Crippen LogP contribution in [0.4, 0.5) is 0 Å². The van der Waals surface area contributed by atoms with E-state index in [1.807, 2.05) is 12.5 Å². The van der Waals surface area contributed by atoms with Crippen molar-refractivity contribution in [1.82, 2.24) is 0 Å². The minimum absolute atomic E-state index is 0.196. The molecule has 0 bridgehead atoms. The Morgan fingerprint density at radius 2 is 2.00 bits per heavy atom. The van der Waals surface area contributed by atoms with Crippen LogP contribution in [0.3, 0.4) is 0 Å². The second kappa shape index (κ2) is 5.96. The van der Waals surface area contributed by atoms with Crippen LogP contribution in [0.5, 0.6) is 0 Å². The molecule has 1 rings (SSSR count). The summed E-state index contributed by atoms with van der Waals surface area (Å²) in [5, 5.41) is 0. The fourth-order valence-corrected chi connectivity index (χ4v) is 4.44. The van der Waals surface area contributed by atoms with Crippen molar-refractivity contribution < 1.29 is 14.3 Å². The minimum Gasteiger partial charge on any atom is -0.467 e. The first-order valence-corrected chi connectivity index (χ1v) is 7.78. The van der Waals surface area contributed by atoms with Gasteiger partial charge in [0.25, 0.3) is 0 Å². The second-order valence-corrected chi connectivity index (χ2v) is 6.19. The van der Waals surface area contributed by atoms with Gasteiger partial charge in [-0.25, -0.2) is 4.79 Å². The summed E-state index contributed by atoms with van der Waals surface area (Å²) in [7, 11) is 1.39. The lowest BCUT2D eigenvalue weighted by Crippen LogP contribution is -2.45. The lowest BCUT2D eigenvalue weighted by molar-refractivity contribution is -0.144. The Hall–Kier alpha value is -0.160. The largest absolute Gasteiger partial charge is 0.467 e. The maximum atomic E-state index is 11.9. The molecule has 0 aromatic rings. The van der Waals surface area contributed by atoms with Crippen molar-refractivity contribution in [3.63, 3.8) is 0 Å². The average Bonchev–Trinajstić information content (AvgIpc) is 2.33. The molecule has 1 atom stereocenters. The van der Waals surface area contributed by atoms with Gasteiger partial charge in [-0.05, 0) is 25.4 Å². The zero-order chi connectivity index (χ0) is 12.2. The number of ether oxygens (including phenoxy) is 1. The Balaban J connectivity index is 2.99. The van der Waals surface area contributed by atoms with Crippen LogP contribution in [0.1, 0.15) is 25.7 Å². The molecule has 5 heteroatoms. The summed E-state index contributed by atoms with van der Waals surface area (Å²) < 4.78 is 4.12. The quantitative estimate of drug-likeness (QED) is 0.575. The normalized spacial score (nSPS) is 21.9. The van der Waals surface area contributed by atoms with Gasteiger partial charge in [-0.3, -0.25) is 4.79 Å². The maximum absolute atomic E-state index is 11.9. The topological polar surface area (TPSA) is 43.4 Å². The maximum Gasteiger partial charge on any atom is 0.332 e. The SMILES string of the molecule is COC(=O)C(SC)(SC)C1CCCCC1=O. The van der Waals surface area contributed by atoms with E-state index in [4.69, 9.17) is 4.74 Å². The first-order chi connectivity index (χ1) is 7.62. The molecule has 1 unspecified atom stereocenters. The molecule has 0 radical (unpaired) electrons. The summed E-state index contributed by atoms with van der Waals surface area (Å²) in [6.07, 6.45) is 7.12. The van der Waals surface area contributed by atoms with Crippen molar-refractivity contribution >= 4 is 35.3 Å². The van der Waals surface area contributed by atoms with Gasteiger partial charge in [-0.1, -0.05) is 6.42 Å². The van der Waals surface area contributed by atoms with Gasteiger partial charge in [0.05, 0.1) is 13.0 Å². The van der Waals surface area contributed by atoms with Gasteiger partial charge in [-0.15, -0.1) is 23.5 Å². The molecule has 16 heavy (non-hydrogen) atoms. The Labute approximate surface area is 105 Å². The van der Waals surface area contributed by atoms with Crippen LogP contribution in [0.25, 0.3) is 0 Å². The number of carbonyl (C=O) groups excluding carboxylic acids is 2. The number of hydrogen-bond acceptors (Lipinski definition) is 5. The molecule has 1 aliphatic carbocycles. The number of Topliss-reactive ketones (excluding diaryl/α,β-unsaturated/α-hetero) is 1. The number of methoxy groups -OCH3 is 1. The summed E-state index contributed by atoms with van der Waals surface area (Å²) in [5.74, 6) is -0.271. The molecule has 0 amide bonds. The predicted molar refractivity (Wildman–Crippen MR) is 68.7 cm³/mol. The summed E-state index contributed by atoms with van der Waals surface area (Å²) >= 11 is 2.86. The van der Waals surface area contributed by atoms with Crippen molar-refractivity contribution in [2.24, 2.45) is 5.92 Å². The van der Waals surface area contributed by atoms with Crippen LogP contribution in [-0.4, -0.2) is 35.5 Å². The van der Waals surface area contributed by atoms with E-state index in [2.05, 4.69) is 0 Å². The molecule has 0 N–H and O–H groups in total. The van der Waals surface area contributed by atoms with Crippen molar-refractivity contribution in [3.05, 3.63) is 0 Å². The van der Waals surface area contributed by atoms with Crippen molar-refractivity contribution in [2.75, 3.05) is 19.6 Å². The Bertz CT molecular complexity index is 274. The van der Waals surface area contributed by atoms with E-state index in [1.165, 1.54) is 30.6 Å². The van der Waals surface area contributed by atoms with Gasteiger partial charge < -0.3 is 4.74 Å². The highest BCUT2D eigenvalue weighted by atomic mass is 32.2. The first-order valence-electron chi connectivity index (χ1n) is 5.33. The van der Waals surface area contributed by atoms with Crippen molar-refractivity contribution in [3.8, 4) is 0 Å². The van der Waals surface area contributed by atoms with Gasteiger partial charge in [-0.2, -0.15) is 0 Å². The number of esters is 1. The fraction of sp³-hybridized carbons (Fsp3) is 0.818. The number of carbonyl (C=O) groups is 2. The van der Waals surface area contributed by atoms with Crippen LogP contribution < -0.4 is 0 Å². The smallest absolute Gasteiger partial charge is 0.332 e. The summed E-state index contributed by atoms with van der Waals surface area (Å²) in [4.78, 5) is 23.9. The summed E-state index contributed by atoms with van der Waals surface area (Å²) in [6.45, 7) is 0. The van der Waals surface area contributed by atoms with E-state index >= 15 is 0 Å². The zero-order valence-electron chi connectivity index (χ0n) is 9.95. The van der Waals surface area contributed by atoms with Crippen molar-refractivity contribution in [1.29, 1.82) is 0 Å². The molecule has 92 valence electrons. The first kappa shape index (κ1) is 13.9.